The van der Waals surface area contributed by atoms with Gasteiger partial charge in [-0.15, -0.1) is 0 Å². The van der Waals surface area contributed by atoms with Crippen LogP contribution in [-0.4, -0.2) is 67.0 Å². The number of nitrogens with zero attached hydrogens (tertiary/aromatic N) is 2. The first kappa shape index (κ1) is 24.3. The maximum Gasteiger partial charge on any atom is 0.295 e. The van der Waals surface area contributed by atoms with E-state index >= 15 is 0 Å². The minimum atomic E-state index is -0.716. The lowest BCUT2D eigenvalue weighted by Gasteiger charge is -2.26. The van der Waals surface area contributed by atoms with Crippen molar-refractivity contribution in [3.05, 3.63) is 64.7 Å². The maximum absolute atomic E-state index is 13.1. The molecule has 1 unspecified atom stereocenters. The number of aliphatic hydroxyl groups is 1. The zero-order valence-corrected chi connectivity index (χ0v) is 20.1. The standard InChI is InChI=1S/C26H32N2O5/c1-16(2)33-21-11-10-19(14-17(21)3)24(29)22-23(18-8-7-9-20(15-18)32-6)28(13-12-27(4)5)26(31)25(22)30/h7-11,14-16,23,29H,12-13H2,1-6H3/b24-22+. The summed E-state index contributed by atoms with van der Waals surface area (Å²) in [5, 5.41) is 11.3. The Morgan fingerprint density at radius 2 is 1.88 bits per heavy atom. The molecule has 0 spiro atoms. The third-order valence-electron chi connectivity index (χ3n) is 5.55. The Balaban J connectivity index is 2.13. The second kappa shape index (κ2) is 10.1. The van der Waals surface area contributed by atoms with Crippen LogP contribution >= 0.6 is 0 Å². The molecular formula is C26H32N2O5. The molecule has 0 aromatic heterocycles. The summed E-state index contributed by atoms with van der Waals surface area (Å²) in [6, 6.07) is 11.8. The molecule has 1 fully saturated rings. The average molecular weight is 453 g/mol. The summed E-state index contributed by atoms with van der Waals surface area (Å²) >= 11 is 0. The van der Waals surface area contributed by atoms with Crippen LogP contribution in [0.15, 0.2) is 48.0 Å². The van der Waals surface area contributed by atoms with E-state index in [-0.39, 0.29) is 17.4 Å². The summed E-state index contributed by atoms with van der Waals surface area (Å²) in [5.41, 5.74) is 2.06. The molecule has 1 aliphatic rings. The lowest BCUT2D eigenvalue weighted by Crippen LogP contribution is -2.35. The number of aryl methyl sites for hydroxylation is 1. The summed E-state index contributed by atoms with van der Waals surface area (Å²) in [6.45, 7) is 6.68. The van der Waals surface area contributed by atoms with Gasteiger partial charge in [-0.05, 0) is 76.3 Å². The molecule has 176 valence electrons. The summed E-state index contributed by atoms with van der Waals surface area (Å²) in [6.07, 6.45) is 0.0122. The van der Waals surface area contributed by atoms with Gasteiger partial charge in [0.15, 0.2) is 0 Å². The van der Waals surface area contributed by atoms with Gasteiger partial charge in [-0.3, -0.25) is 9.59 Å². The second-order valence-corrected chi connectivity index (χ2v) is 8.72. The molecular weight excluding hydrogens is 420 g/mol. The molecule has 2 aromatic rings. The van der Waals surface area contributed by atoms with Gasteiger partial charge in [-0.2, -0.15) is 0 Å². The van der Waals surface area contributed by atoms with Crippen molar-refractivity contribution in [3.8, 4) is 11.5 Å². The Bertz CT molecular complexity index is 1070. The third kappa shape index (κ3) is 5.20. The number of ketones is 1. The molecule has 1 saturated heterocycles. The van der Waals surface area contributed by atoms with Gasteiger partial charge in [0.1, 0.15) is 17.3 Å². The van der Waals surface area contributed by atoms with Crippen molar-refractivity contribution in [2.24, 2.45) is 0 Å². The molecule has 0 radical (unpaired) electrons. The molecule has 0 saturated carbocycles. The SMILES string of the molecule is COc1cccc(C2/C(=C(\O)c3ccc(OC(C)C)c(C)c3)C(=O)C(=O)N2CCN(C)C)c1. The van der Waals surface area contributed by atoms with E-state index in [1.165, 1.54) is 4.90 Å². The van der Waals surface area contributed by atoms with Crippen molar-refractivity contribution in [3.63, 3.8) is 0 Å². The molecule has 1 aliphatic heterocycles. The predicted molar refractivity (Wildman–Crippen MR) is 128 cm³/mol. The van der Waals surface area contributed by atoms with Crippen molar-refractivity contribution in [1.29, 1.82) is 0 Å². The van der Waals surface area contributed by atoms with Crippen molar-refractivity contribution in [2.75, 3.05) is 34.3 Å². The first-order valence-corrected chi connectivity index (χ1v) is 11.0. The summed E-state index contributed by atoms with van der Waals surface area (Å²) in [4.78, 5) is 29.6. The van der Waals surface area contributed by atoms with Crippen LogP contribution in [0.4, 0.5) is 0 Å². The number of likely N-dealkylation sites (tertiary alicyclic amines) is 1. The predicted octanol–water partition coefficient (Wildman–Crippen LogP) is 3.77. The van der Waals surface area contributed by atoms with Crippen LogP contribution in [0.3, 0.4) is 0 Å². The fraction of sp³-hybridized carbons (Fsp3) is 0.385. The smallest absolute Gasteiger partial charge is 0.295 e. The van der Waals surface area contributed by atoms with Gasteiger partial charge in [0.2, 0.25) is 0 Å². The Morgan fingerprint density at radius 3 is 2.48 bits per heavy atom. The van der Waals surface area contributed by atoms with Crippen LogP contribution in [0.5, 0.6) is 11.5 Å². The zero-order valence-electron chi connectivity index (χ0n) is 20.1. The van der Waals surface area contributed by atoms with E-state index in [1.807, 2.05) is 51.9 Å². The van der Waals surface area contributed by atoms with Crippen LogP contribution in [0.2, 0.25) is 0 Å². The summed E-state index contributed by atoms with van der Waals surface area (Å²) in [7, 11) is 5.37. The van der Waals surface area contributed by atoms with Gasteiger partial charge in [0, 0.05) is 18.7 Å². The number of likely N-dealkylation sites (N-methyl/N-ethyl adjacent to an activating group) is 1. The topological polar surface area (TPSA) is 79.3 Å². The average Bonchev–Trinajstić information content (AvgIpc) is 3.03. The monoisotopic (exact) mass is 452 g/mol. The molecule has 1 heterocycles. The lowest BCUT2D eigenvalue weighted by atomic mass is 9.94. The van der Waals surface area contributed by atoms with Crippen molar-refractivity contribution < 1.29 is 24.2 Å². The van der Waals surface area contributed by atoms with Gasteiger partial charge < -0.3 is 24.4 Å². The Hall–Kier alpha value is -3.32. The van der Waals surface area contributed by atoms with Crippen molar-refractivity contribution in [1.82, 2.24) is 9.80 Å². The number of methoxy groups -OCH3 is 1. The van der Waals surface area contributed by atoms with Crippen LogP contribution in [0.25, 0.3) is 5.76 Å². The Kier molecular flexibility index (Phi) is 7.43. The van der Waals surface area contributed by atoms with E-state index in [0.717, 1.165) is 5.56 Å². The second-order valence-electron chi connectivity index (χ2n) is 8.72. The van der Waals surface area contributed by atoms with Crippen LogP contribution in [-0.2, 0) is 9.59 Å². The molecule has 3 rings (SSSR count). The molecule has 1 atom stereocenters. The minimum absolute atomic E-state index is 0.0122. The van der Waals surface area contributed by atoms with Gasteiger partial charge in [0.05, 0.1) is 24.8 Å². The highest BCUT2D eigenvalue weighted by atomic mass is 16.5. The van der Waals surface area contributed by atoms with Gasteiger partial charge in [0.25, 0.3) is 11.7 Å². The van der Waals surface area contributed by atoms with Crippen molar-refractivity contribution in [2.45, 2.75) is 32.9 Å². The largest absolute Gasteiger partial charge is 0.507 e. The van der Waals surface area contributed by atoms with E-state index in [1.54, 1.807) is 37.4 Å². The molecule has 33 heavy (non-hydrogen) atoms. The number of amides is 1. The number of carbonyl (C=O) groups is 2. The molecule has 0 aliphatic carbocycles. The number of Topliss-reactive ketones (excluding diaryl/α,β-unsaturated/α-hetero) is 1. The minimum Gasteiger partial charge on any atom is -0.507 e. The van der Waals surface area contributed by atoms with E-state index in [2.05, 4.69) is 0 Å². The molecule has 1 N–H and O–H groups in total. The van der Waals surface area contributed by atoms with Gasteiger partial charge >= 0.3 is 0 Å². The lowest BCUT2D eigenvalue weighted by molar-refractivity contribution is -0.140. The summed E-state index contributed by atoms with van der Waals surface area (Å²) < 4.78 is 11.1. The molecule has 7 nitrogen and oxygen atoms in total. The van der Waals surface area contributed by atoms with E-state index in [0.29, 0.717) is 35.7 Å². The fourth-order valence-electron chi connectivity index (χ4n) is 3.91. The number of benzene rings is 2. The van der Waals surface area contributed by atoms with Crippen LogP contribution in [0, 0.1) is 6.92 Å². The number of rotatable bonds is 8. The first-order chi connectivity index (χ1) is 15.6. The van der Waals surface area contributed by atoms with Gasteiger partial charge in [-0.25, -0.2) is 0 Å². The molecule has 1 amide bonds. The maximum atomic E-state index is 13.1. The molecule has 7 heteroatoms. The van der Waals surface area contributed by atoms with Crippen LogP contribution in [0.1, 0.15) is 36.6 Å². The highest BCUT2D eigenvalue weighted by Crippen LogP contribution is 2.40. The Morgan fingerprint density at radius 1 is 1.15 bits per heavy atom. The zero-order chi connectivity index (χ0) is 24.3. The number of hydrogen-bond donors (Lipinski definition) is 1. The molecule has 0 bridgehead atoms. The third-order valence-corrected chi connectivity index (χ3v) is 5.55. The molecule has 2 aromatic carbocycles. The number of carbonyl (C=O) groups excluding carboxylic acids is 2. The quantitative estimate of drug-likeness (QED) is 0.373. The number of ether oxygens (including phenoxy) is 2. The highest BCUT2D eigenvalue weighted by molar-refractivity contribution is 6.46. The van der Waals surface area contributed by atoms with E-state index in [9.17, 15) is 14.7 Å². The summed E-state index contributed by atoms with van der Waals surface area (Å²) in [5.74, 6) is -0.205. The first-order valence-electron chi connectivity index (χ1n) is 11.0. The highest BCUT2D eigenvalue weighted by Gasteiger charge is 2.46. The van der Waals surface area contributed by atoms with Gasteiger partial charge in [-0.1, -0.05) is 12.1 Å². The normalized spacial score (nSPS) is 17.8. The Labute approximate surface area is 195 Å². The van der Waals surface area contributed by atoms with Crippen LogP contribution < -0.4 is 9.47 Å². The van der Waals surface area contributed by atoms with E-state index < -0.39 is 17.7 Å². The van der Waals surface area contributed by atoms with Crippen molar-refractivity contribution >= 4 is 17.4 Å². The van der Waals surface area contributed by atoms with E-state index in [4.69, 9.17) is 9.47 Å². The fourth-order valence-corrected chi connectivity index (χ4v) is 3.91. The number of aliphatic hydroxyl groups excluding tert-OH is 1. The number of hydrogen-bond acceptors (Lipinski definition) is 6.